The zero-order valence-corrected chi connectivity index (χ0v) is 23.4. The van der Waals surface area contributed by atoms with Gasteiger partial charge in [0.15, 0.2) is 5.65 Å². The van der Waals surface area contributed by atoms with Gasteiger partial charge in [0.25, 0.3) is 5.91 Å². The summed E-state index contributed by atoms with van der Waals surface area (Å²) in [5, 5.41) is 18.1. The van der Waals surface area contributed by atoms with Gasteiger partial charge in [0, 0.05) is 25.8 Å². The summed E-state index contributed by atoms with van der Waals surface area (Å²) in [7, 11) is 0. The summed E-state index contributed by atoms with van der Waals surface area (Å²) in [4.78, 5) is 30.4. The zero-order chi connectivity index (χ0) is 30.4. The molecule has 3 aromatic heterocycles. The Hall–Kier alpha value is -3.65. The van der Waals surface area contributed by atoms with Gasteiger partial charge in [-0.2, -0.15) is 18.3 Å². The van der Waals surface area contributed by atoms with Gasteiger partial charge < -0.3 is 10.6 Å². The molecule has 0 unspecified atom stereocenters. The highest BCUT2D eigenvalue weighted by molar-refractivity contribution is 5.92. The van der Waals surface area contributed by atoms with Crippen molar-refractivity contribution in [1.29, 1.82) is 0 Å². The third-order valence-corrected chi connectivity index (χ3v) is 8.58. The van der Waals surface area contributed by atoms with Crippen LogP contribution in [-0.2, 0) is 11.3 Å². The molecule has 43 heavy (non-hydrogen) atoms. The Balaban J connectivity index is 1.24. The van der Waals surface area contributed by atoms with Crippen LogP contribution in [0.1, 0.15) is 98.0 Å². The number of imidazole rings is 1. The number of carbonyl (C=O) groups excluding carboxylic acids is 2. The monoisotopic (exact) mass is 608 g/mol. The van der Waals surface area contributed by atoms with Gasteiger partial charge in [-0.05, 0) is 67.9 Å². The number of carbonyl (C=O) groups is 2. The van der Waals surface area contributed by atoms with Crippen LogP contribution in [-0.4, -0.2) is 53.5 Å². The number of nitrogens with zero attached hydrogens (tertiary/aromatic N) is 6. The SMILES string of the molecule is O=C(CCC(F)(F)F)N[C@@H](c1cnn2cc([C@@H](NC(=O)c3cnnn3CC3CC3)C3CCC(F)(F)CC3)nc2c1)C1CC1. The van der Waals surface area contributed by atoms with E-state index in [0.717, 1.165) is 25.7 Å². The minimum Gasteiger partial charge on any atom is -0.349 e. The van der Waals surface area contributed by atoms with Crippen LogP contribution in [0.4, 0.5) is 22.0 Å². The van der Waals surface area contributed by atoms with E-state index < -0.39 is 48.8 Å². The molecule has 15 heteroatoms. The Kier molecular flexibility index (Phi) is 7.84. The van der Waals surface area contributed by atoms with Crippen LogP contribution in [0.2, 0.25) is 0 Å². The van der Waals surface area contributed by atoms with Crippen molar-refractivity contribution in [3.63, 3.8) is 0 Å². The fraction of sp³-hybridized carbons (Fsp3) is 0.643. The molecule has 3 aromatic rings. The lowest BCUT2D eigenvalue weighted by Crippen LogP contribution is -2.38. The van der Waals surface area contributed by atoms with Gasteiger partial charge in [-0.15, -0.1) is 5.10 Å². The van der Waals surface area contributed by atoms with Crippen LogP contribution in [0, 0.1) is 17.8 Å². The van der Waals surface area contributed by atoms with E-state index in [2.05, 4.69) is 26.0 Å². The number of halogens is 5. The van der Waals surface area contributed by atoms with E-state index in [1.165, 1.54) is 10.7 Å². The number of aromatic nitrogens is 6. The van der Waals surface area contributed by atoms with Crippen LogP contribution in [0.3, 0.4) is 0 Å². The van der Waals surface area contributed by atoms with Crippen LogP contribution >= 0.6 is 0 Å². The number of nitrogens with one attached hydrogen (secondary N) is 2. The standard InChI is InChI=1S/C28H33F5N8O2/c29-27(30)8-5-18(6-9-27)25(38-26(43)21-13-34-39-40(21)14-16-1-2-16)20-15-41-22(36-20)11-19(12-35-41)24(17-3-4-17)37-23(42)7-10-28(31,32)33/h11-13,15-18,24-25H,1-10,14H2,(H,37,42)(H,38,43)/t24-,25+/m1/s1. The first kappa shape index (κ1) is 29.4. The number of amides is 2. The van der Waals surface area contributed by atoms with Crippen molar-refractivity contribution in [3.8, 4) is 0 Å². The quantitative estimate of drug-likeness (QED) is 0.298. The molecule has 3 saturated carbocycles. The molecular weight excluding hydrogens is 575 g/mol. The summed E-state index contributed by atoms with van der Waals surface area (Å²) in [5.41, 5.74) is 1.76. The summed E-state index contributed by atoms with van der Waals surface area (Å²) >= 11 is 0. The molecular formula is C28H33F5N8O2. The molecule has 0 spiro atoms. The lowest BCUT2D eigenvalue weighted by atomic mass is 9.81. The summed E-state index contributed by atoms with van der Waals surface area (Å²) in [6, 6.07) is 0.527. The Morgan fingerprint density at radius 1 is 1.00 bits per heavy atom. The van der Waals surface area contributed by atoms with Gasteiger partial charge in [-0.1, -0.05) is 5.21 Å². The molecule has 232 valence electrons. The third kappa shape index (κ3) is 7.29. The predicted molar refractivity (Wildman–Crippen MR) is 142 cm³/mol. The number of fused-ring (bicyclic) bond motifs is 1. The minimum atomic E-state index is -4.42. The lowest BCUT2D eigenvalue weighted by Gasteiger charge is -2.33. The highest BCUT2D eigenvalue weighted by Gasteiger charge is 2.40. The largest absolute Gasteiger partial charge is 0.389 e. The molecule has 3 aliphatic rings. The number of alkyl halides is 5. The molecule has 3 heterocycles. The second kappa shape index (κ2) is 11.5. The number of hydrogen-bond acceptors (Lipinski definition) is 6. The molecule has 0 aliphatic heterocycles. The van der Waals surface area contributed by atoms with Crippen molar-refractivity contribution in [2.45, 2.75) is 94.9 Å². The Labute approximate surface area is 243 Å². The van der Waals surface area contributed by atoms with Crippen molar-refractivity contribution in [1.82, 2.24) is 40.2 Å². The third-order valence-electron chi connectivity index (χ3n) is 8.58. The Bertz CT molecular complexity index is 1470. The predicted octanol–water partition coefficient (Wildman–Crippen LogP) is 4.94. The molecule has 6 rings (SSSR count). The van der Waals surface area contributed by atoms with Gasteiger partial charge in [0.1, 0.15) is 5.69 Å². The van der Waals surface area contributed by atoms with Crippen LogP contribution in [0.25, 0.3) is 5.65 Å². The highest BCUT2D eigenvalue weighted by atomic mass is 19.4. The maximum absolute atomic E-state index is 14.0. The Morgan fingerprint density at radius 3 is 2.40 bits per heavy atom. The molecule has 10 nitrogen and oxygen atoms in total. The van der Waals surface area contributed by atoms with Gasteiger partial charge in [-0.25, -0.2) is 23.0 Å². The van der Waals surface area contributed by atoms with Gasteiger partial charge in [-0.3, -0.25) is 9.59 Å². The van der Waals surface area contributed by atoms with E-state index in [9.17, 15) is 31.5 Å². The van der Waals surface area contributed by atoms with Crippen LogP contribution < -0.4 is 10.6 Å². The number of hydrogen-bond donors (Lipinski definition) is 2. The fourth-order valence-corrected chi connectivity index (χ4v) is 5.79. The van der Waals surface area contributed by atoms with E-state index >= 15 is 0 Å². The minimum absolute atomic E-state index is 0.0820. The van der Waals surface area contributed by atoms with Crippen LogP contribution in [0.5, 0.6) is 0 Å². The number of rotatable bonds is 11. The topological polar surface area (TPSA) is 119 Å². The average molecular weight is 609 g/mol. The summed E-state index contributed by atoms with van der Waals surface area (Å²) in [5.74, 6) is -3.63. The molecule has 2 N–H and O–H groups in total. The molecule has 3 fully saturated rings. The molecule has 0 aromatic carbocycles. The lowest BCUT2D eigenvalue weighted by molar-refractivity contribution is -0.144. The second-order valence-electron chi connectivity index (χ2n) is 12.1. The molecule has 2 atom stereocenters. The van der Waals surface area contributed by atoms with Crippen molar-refractivity contribution in [3.05, 3.63) is 41.6 Å². The van der Waals surface area contributed by atoms with Gasteiger partial charge >= 0.3 is 6.18 Å². The van der Waals surface area contributed by atoms with Gasteiger partial charge in [0.2, 0.25) is 11.8 Å². The molecule has 0 saturated heterocycles. The second-order valence-corrected chi connectivity index (χ2v) is 12.1. The summed E-state index contributed by atoms with van der Waals surface area (Å²) < 4.78 is 69.0. The molecule has 0 bridgehead atoms. The normalized spacial score (nSPS) is 20.6. The first-order chi connectivity index (χ1) is 20.4. The molecule has 0 radical (unpaired) electrons. The van der Waals surface area contributed by atoms with E-state index in [4.69, 9.17) is 4.98 Å². The smallest absolute Gasteiger partial charge is 0.349 e. The van der Waals surface area contributed by atoms with E-state index in [1.54, 1.807) is 23.1 Å². The highest BCUT2D eigenvalue weighted by Crippen LogP contribution is 2.43. The summed E-state index contributed by atoms with van der Waals surface area (Å²) in [6.45, 7) is 0.582. The molecule has 3 aliphatic carbocycles. The van der Waals surface area contributed by atoms with Crippen LogP contribution in [0.15, 0.2) is 24.7 Å². The van der Waals surface area contributed by atoms with Crippen molar-refractivity contribution < 1.29 is 31.5 Å². The van der Waals surface area contributed by atoms with Crippen molar-refractivity contribution in [2.24, 2.45) is 17.8 Å². The average Bonchev–Trinajstić information content (AvgIpc) is 3.87. The first-order valence-corrected chi connectivity index (χ1v) is 14.7. The first-order valence-electron chi connectivity index (χ1n) is 14.7. The summed E-state index contributed by atoms with van der Waals surface area (Å²) in [6.07, 6.45) is 1.86. The van der Waals surface area contributed by atoms with E-state index in [-0.39, 0.29) is 43.2 Å². The maximum atomic E-state index is 14.0. The van der Waals surface area contributed by atoms with E-state index in [1.807, 2.05) is 0 Å². The zero-order valence-electron chi connectivity index (χ0n) is 23.4. The van der Waals surface area contributed by atoms with Crippen molar-refractivity contribution >= 4 is 17.5 Å². The van der Waals surface area contributed by atoms with Crippen molar-refractivity contribution in [2.75, 3.05) is 0 Å². The Morgan fingerprint density at radius 2 is 1.72 bits per heavy atom. The van der Waals surface area contributed by atoms with Gasteiger partial charge in [0.05, 0.1) is 42.8 Å². The van der Waals surface area contributed by atoms with E-state index in [0.29, 0.717) is 29.4 Å². The maximum Gasteiger partial charge on any atom is 0.389 e. The molecule has 2 amide bonds. The fourth-order valence-electron chi connectivity index (χ4n) is 5.79.